The Morgan fingerprint density at radius 1 is 1.33 bits per heavy atom. The maximum absolute atomic E-state index is 5.52. The van der Waals surface area contributed by atoms with Crippen LogP contribution in [0.3, 0.4) is 0 Å². The number of aryl methyl sites for hydroxylation is 1. The lowest BCUT2D eigenvalue weighted by atomic mass is 10.1. The van der Waals surface area contributed by atoms with E-state index in [1.54, 1.807) is 11.3 Å². The number of nitrogens with two attached hydrogens (primary N) is 1. The highest BCUT2D eigenvalue weighted by Crippen LogP contribution is 2.21. The molecule has 0 spiro atoms. The summed E-state index contributed by atoms with van der Waals surface area (Å²) < 4.78 is 0. The number of benzene rings is 1. The van der Waals surface area contributed by atoms with Crippen molar-refractivity contribution in [2.45, 2.75) is 6.92 Å². The Labute approximate surface area is 97.8 Å². The Balaban J connectivity index is 2.35. The zero-order chi connectivity index (χ0) is 10.8. The van der Waals surface area contributed by atoms with Gasteiger partial charge in [0.05, 0.1) is 10.7 Å². The molecule has 2 aromatic rings. The standard InChI is InChI=1S/C11H10N2S2/c1-7-13-10(6-15-7)8-2-4-9(5-3-8)11(12)14/h2-6H,1H3,(H2,12,14). The molecule has 0 bridgehead atoms. The minimum absolute atomic E-state index is 0.427. The average molecular weight is 234 g/mol. The van der Waals surface area contributed by atoms with E-state index in [0.717, 1.165) is 21.8 Å². The van der Waals surface area contributed by atoms with E-state index in [9.17, 15) is 0 Å². The molecule has 0 radical (unpaired) electrons. The van der Waals surface area contributed by atoms with Crippen LogP contribution in [0.5, 0.6) is 0 Å². The summed E-state index contributed by atoms with van der Waals surface area (Å²) >= 11 is 6.54. The molecule has 0 saturated heterocycles. The highest BCUT2D eigenvalue weighted by atomic mass is 32.1. The quantitative estimate of drug-likeness (QED) is 0.812. The van der Waals surface area contributed by atoms with E-state index in [2.05, 4.69) is 4.98 Å². The van der Waals surface area contributed by atoms with Crippen molar-refractivity contribution in [1.82, 2.24) is 4.98 Å². The van der Waals surface area contributed by atoms with E-state index >= 15 is 0 Å². The highest BCUT2D eigenvalue weighted by Gasteiger charge is 2.02. The molecule has 2 rings (SSSR count). The maximum Gasteiger partial charge on any atom is 0.103 e. The number of thiazole rings is 1. The summed E-state index contributed by atoms with van der Waals surface area (Å²) in [6.45, 7) is 2.00. The van der Waals surface area contributed by atoms with Gasteiger partial charge < -0.3 is 5.73 Å². The molecule has 15 heavy (non-hydrogen) atoms. The molecule has 0 fully saturated rings. The van der Waals surface area contributed by atoms with Crippen molar-refractivity contribution < 1.29 is 0 Å². The number of hydrogen-bond donors (Lipinski definition) is 1. The van der Waals surface area contributed by atoms with E-state index in [4.69, 9.17) is 18.0 Å². The van der Waals surface area contributed by atoms with E-state index in [1.165, 1.54) is 0 Å². The summed E-state index contributed by atoms with van der Waals surface area (Å²) in [6, 6.07) is 7.82. The Kier molecular flexibility index (Phi) is 2.79. The van der Waals surface area contributed by atoms with E-state index in [-0.39, 0.29) is 0 Å². The van der Waals surface area contributed by atoms with Crippen LogP contribution in [-0.4, -0.2) is 9.97 Å². The third-order valence-corrected chi connectivity index (χ3v) is 3.09. The summed E-state index contributed by atoms with van der Waals surface area (Å²) in [7, 11) is 0. The second-order valence-corrected chi connectivity index (χ2v) is 4.70. The smallest absolute Gasteiger partial charge is 0.103 e. The third-order valence-electron chi connectivity index (χ3n) is 2.08. The molecule has 1 aromatic heterocycles. The maximum atomic E-state index is 5.52. The van der Waals surface area contributed by atoms with Crippen LogP contribution in [0.15, 0.2) is 29.6 Å². The molecule has 2 N–H and O–H groups in total. The monoisotopic (exact) mass is 234 g/mol. The summed E-state index contributed by atoms with van der Waals surface area (Å²) in [5, 5.41) is 3.12. The van der Waals surface area contributed by atoms with Crippen molar-refractivity contribution in [3.63, 3.8) is 0 Å². The van der Waals surface area contributed by atoms with Crippen molar-refractivity contribution >= 4 is 28.5 Å². The number of rotatable bonds is 2. The molecule has 4 heteroatoms. The van der Waals surface area contributed by atoms with Crippen molar-refractivity contribution in [3.8, 4) is 11.3 Å². The largest absolute Gasteiger partial charge is 0.389 e. The van der Waals surface area contributed by atoms with Crippen LogP contribution in [0.25, 0.3) is 11.3 Å². The van der Waals surface area contributed by atoms with E-state index < -0.39 is 0 Å². The lowest BCUT2D eigenvalue weighted by molar-refractivity contribution is 1.30. The van der Waals surface area contributed by atoms with Crippen molar-refractivity contribution in [3.05, 3.63) is 40.2 Å². The fraction of sp³-hybridized carbons (Fsp3) is 0.0909. The van der Waals surface area contributed by atoms with Crippen LogP contribution in [0.2, 0.25) is 0 Å². The lowest BCUT2D eigenvalue weighted by Crippen LogP contribution is -2.08. The highest BCUT2D eigenvalue weighted by molar-refractivity contribution is 7.80. The minimum atomic E-state index is 0.427. The normalized spacial score (nSPS) is 10.2. The van der Waals surface area contributed by atoms with Crippen LogP contribution < -0.4 is 5.73 Å². The molecule has 0 aliphatic carbocycles. The SMILES string of the molecule is Cc1nc(-c2ccc(C(N)=S)cc2)cs1. The van der Waals surface area contributed by atoms with Crippen molar-refractivity contribution in [2.24, 2.45) is 5.73 Å². The molecule has 0 unspecified atom stereocenters. The van der Waals surface area contributed by atoms with Gasteiger partial charge in [0.2, 0.25) is 0 Å². The van der Waals surface area contributed by atoms with Crippen LogP contribution in [0, 0.1) is 6.92 Å². The number of hydrogen-bond acceptors (Lipinski definition) is 3. The summed E-state index contributed by atoms with van der Waals surface area (Å²) in [5.74, 6) is 0. The molecule has 76 valence electrons. The summed E-state index contributed by atoms with van der Waals surface area (Å²) in [4.78, 5) is 4.84. The first-order chi connectivity index (χ1) is 7.16. The first-order valence-corrected chi connectivity index (χ1v) is 5.78. The van der Waals surface area contributed by atoms with Gasteiger partial charge in [0.1, 0.15) is 4.99 Å². The predicted molar refractivity (Wildman–Crippen MR) is 68.2 cm³/mol. The second-order valence-electron chi connectivity index (χ2n) is 3.19. The first-order valence-electron chi connectivity index (χ1n) is 4.49. The van der Waals surface area contributed by atoms with Gasteiger partial charge in [0.25, 0.3) is 0 Å². The van der Waals surface area contributed by atoms with E-state index in [0.29, 0.717) is 4.99 Å². The van der Waals surface area contributed by atoms with Gasteiger partial charge in [-0.25, -0.2) is 4.98 Å². The van der Waals surface area contributed by atoms with Gasteiger partial charge in [-0.3, -0.25) is 0 Å². The topological polar surface area (TPSA) is 38.9 Å². The molecular formula is C11H10N2S2. The summed E-state index contributed by atoms with van der Waals surface area (Å²) in [6.07, 6.45) is 0. The van der Waals surface area contributed by atoms with Crippen molar-refractivity contribution in [2.75, 3.05) is 0 Å². The number of aromatic nitrogens is 1. The minimum Gasteiger partial charge on any atom is -0.389 e. The third kappa shape index (κ3) is 2.22. The zero-order valence-electron chi connectivity index (χ0n) is 8.23. The van der Waals surface area contributed by atoms with E-state index in [1.807, 2.05) is 36.6 Å². The fourth-order valence-corrected chi connectivity index (χ4v) is 2.06. The molecule has 0 amide bonds. The molecule has 1 heterocycles. The Morgan fingerprint density at radius 3 is 2.47 bits per heavy atom. The number of thiocarbonyl (C=S) groups is 1. The van der Waals surface area contributed by atoms with Crippen LogP contribution in [0.1, 0.15) is 10.6 Å². The fourth-order valence-electron chi connectivity index (χ4n) is 1.30. The van der Waals surface area contributed by atoms with Gasteiger partial charge in [-0.15, -0.1) is 11.3 Å². The lowest BCUT2D eigenvalue weighted by Gasteiger charge is -1.99. The Bertz CT molecular complexity index is 486. The van der Waals surface area contributed by atoms with Crippen LogP contribution in [-0.2, 0) is 0 Å². The van der Waals surface area contributed by atoms with Gasteiger partial charge in [0, 0.05) is 16.5 Å². The molecular weight excluding hydrogens is 224 g/mol. The molecule has 0 aliphatic rings. The van der Waals surface area contributed by atoms with Crippen LogP contribution in [0.4, 0.5) is 0 Å². The molecule has 2 nitrogen and oxygen atoms in total. The predicted octanol–water partition coefficient (Wildman–Crippen LogP) is 2.75. The number of nitrogens with zero attached hydrogens (tertiary/aromatic N) is 1. The molecule has 0 atom stereocenters. The van der Waals surface area contributed by atoms with Gasteiger partial charge in [0.15, 0.2) is 0 Å². The van der Waals surface area contributed by atoms with Crippen molar-refractivity contribution in [1.29, 1.82) is 0 Å². The van der Waals surface area contributed by atoms with Gasteiger partial charge >= 0.3 is 0 Å². The molecule has 0 saturated carbocycles. The zero-order valence-corrected chi connectivity index (χ0v) is 9.86. The Morgan fingerprint density at radius 2 is 2.00 bits per heavy atom. The van der Waals surface area contributed by atoms with Gasteiger partial charge in [-0.1, -0.05) is 36.5 Å². The Hall–Kier alpha value is -1.26. The molecule has 0 aliphatic heterocycles. The average Bonchev–Trinajstić information content (AvgIpc) is 2.65. The second kappa shape index (κ2) is 4.08. The van der Waals surface area contributed by atoms with Crippen LogP contribution >= 0.6 is 23.6 Å². The first kappa shape index (κ1) is 10.3. The van der Waals surface area contributed by atoms with Gasteiger partial charge in [-0.05, 0) is 6.92 Å². The summed E-state index contributed by atoms with van der Waals surface area (Å²) in [5.41, 5.74) is 8.52. The molecule has 1 aromatic carbocycles. The van der Waals surface area contributed by atoms with Gasteiger partial charge in [-0.2, -0.15) is 0 Å².